The van der Waals surface area contributed by atoms with Crippen molar-refractivity contribution in [3.05, 3.63) is 28.8 Å². The van der Waals surface area contributed by atoms with Gasteiger partial charge in [-0.15, -0.1) is 0 Å². The standard InChI is InChI=1S/C18H26ClN3O2/c1-4-17(23)22-10-6-9-21(11-12-22)14(3)18(24)20-16-8-5-7-15(19)13(16)2/h5,7-8,14H,4,6,9-12H2,1-3H3,(H,20,24). The maximum Gasteiger partial charge on any atom is 0.241 e. The Labute approximate surface area is 149 Å². The number of anilines is 1. The lowest BCUT2D eigenvalue weighted by atomic mass is 10.2. The van der Waals surface area contributed by atoms with Crippen LogP contribution in [0.25, 0.3) is 0 Å². The van der Waals surface area contributed by atoms with Crippen molar-refractivity contribution in [3.8, 4) is 0 Å². The Morgan fingerprint density at radius 1 is 1.25 bits per heavy atom. The smallest absolute Gasteiger partial charge is 0.241 e. The lowest BCUT2D eigenvalue weighted by Crippen LogP contribution is -2.44. The zero-order chi connectivity index (χ0) is 17.7. The highest BCUT2D eigenvalue weighted by molar-refractivity contribution is 6.31. The van der Waals surface area contributed by atoms with E-state index in [1.54, 1.807) is 0 Å². The molecule has 1 unspecified atom stereocenters. The molecule has 1 aromatic carbocycles. The molecule has 1 saturated heterocycles. The van der Waals surface area contributed by atoms with Crippen LogP contribution in [0.3, 0.4) is 0 Å². The van der Waals surface area contributed by atoms with E-state index in [2.05, 4.69) is 10.2 Å². The van der Waals surface area contributed by atoms with E-state index in [-0.39, 0.29) is 17.9 Å². The Balaban J connectivity index is 1.98. The van der Waals surface area contributed by atoms with Crippen molar-refractivity contribution in [2.24, 2.45) is 0 Å². The van der Waals surface area contributed by atoms with Crippen molar-refractivity contribution in [3.63, 3.8) is 0 Å². The zero-order valence-corrected chi connectivity index (χ0v) is 15.4. The van der Waals surface area contributed by atoms with Crippen molar-refractivity contribution < 1.29 is 9.59 Å². The first-order chi connectivity index (χ1) is 11.4. The number of benzene rings is 1. The van der Waals surface area contributed by atoms with E-state index in [0.29, 0.717) is 18.0 Å². The van der Waals surface area contributed by atoms with Crippen LogP contribution < -0.4 is 5.32 Å². The SMILES string of the molecule is CCC(=O)N1CCCN(C(C)C(=O)Nc2cccc(Cl)c2C)CC1. The normalized spacial score (nSPS) is 17.2. The van der Waals surface area contributed by atoms with Crippen LogP contribution in [0.15, 0.2) is 18.2 Å². The summed E-state index contributed by atoms with van der Waals surface area (Å²) in [5.74, 6) is 0.138. The highest BCUT2D eigenvalue weighted by atomic mass is 35.5. The molecular formula is C18H26ClN3O2. The fourth-order valence-corrected chi connectivity index (χ4v) is 3.12. The average molecular weight is 352 g/mol. The van der Waals surface area contributed by atoms with Gasteiger partial charge in [-0.2, -0.15) is 0 Å². The Morgan fingerprint density at radius 3 is 2.71 bits per heavy atom. The molecule has 0 aromatic heterocycles. The molecule has 1 atom stereocenters. The Bertz CT molecular complexity index is 606. The van der Waals surface area contributed by atoms with Crippen molar-refractivity contribution in [2.75, 3.05) is 31.5 Å². The summed E-state index contributed by atoms with van der Waals surface area (Å²) in [5, 5.41) is 3.61. The molecule has 1 aliphatic rings. The van der Waals surface area contributed by atoms with Gasteiger partial charge in [0, 0.05) is 43.3 Å². The minimum absolute atomic E-state index is 0.0457. The van der Waals surface area contributed by atoms with E-state index in [9.17, 15) is 9.59 Å². The summed E-state index contributed by atoms with van der Waals surface area (Å²) >= 11 is 6.11. The Hall–Kier alpha value is -1.59. The quantitative estimate of drug-likeness (QED) is 0.907. The lowest BCUT2D eigenvalue weighted by Gasteiger charge is -2.27. The molecule has 0 spiro atoms. The molecule has 2 amide bonds. The number of nitrogens with one attached hydrogen (secondary N) is 1. The van der Waals surface area contributed by atoms with Gasteiger partial charge in [-0.25, -0.2) is 0 Å². The van der Waals surface area contributed by atoms with Crippen molar-refractivity contribution in [1.82, 2.24) is 9.80 Å². The van der Waals surface area contributed by atoms with E-state index in [0.717, 1.165) is 37.3 Å². The minimum Gasteiger partial charge on any atom is -0.341 e. The van der Waals surface area contributed by atoms with E-state index in [1.807, 2.05) is 43.9 Å². The number of nitrogens with zero attached hydrogens (tertiary/aromatic N) is 2. The van der Waals surface area contributed by atoms with Crippen molar-refractivity contribution >= 4 is 29.1 Å². The molecule has 6 heteroatoms. The third-order valence-electron chi connectivity index (χ3n) is 4.64. The van der Waals surface area contributed by atoms with Gasteiger partial charge in [-0.05, 0) is 38.0 Å². The molecule has 1 fully saturated rings. The van der Waals surface area contributed by atoms with Crippen molar-refractivity contribution in [1.29, 1.82) is 0 Å². The molecule has 132 valence electrons. The maximum absolute atomic E-state index is 12.6. The Morgan fingerprint density at radius 2 is 2.00 bits per heavy atom. The average Bonchev–Trinajstić information content (AvgIpc) is 2.83. The first kappa shape index (κ1) is 18.7. The van der Waals surface area contributed by atoms with E-state index in [1.165, 1.54) is 0 Å². The molecular weight excluding hydrogens is 326 g/mol. The third-order valence-corrected chi connectivity index (χ3v) is 5.05. The van der Waals surface area contributed by atoms with Gasteiger partial charge < -0.3 is 10.2 Å². The van der Waals surface area contributed by atoms with Gasteiger partial charge in [0.15, 0.2) is 0 Å². The predicted molar refractivity (Wildman–Crippen MR) is 97.3 cm³/mol. The van der Waals surface area contributed by atoms with E-state index < -0.39 is 0 Å². The third kappa shape index (κ3) is 4.48. The second kappa shape index (κ2) is 8.49. The van der Waals surface area contributed by atoms with Gasteiger partial charge in [0.05, 0.1) is 6.04 Å². The summed E-state index contributed by atoms with van der Waals surface area (Å²) < 4.78 is 0. The monoisotopic (exact) mass is 351 g/mol. The second-order valence-corrected chi connectivity index (χ2v) is 6.61. The molecule has 1 N–H and O–H groups in total. The summed E-state index contributed by atoms with van der Waals surface area (Å²) in [4.78, 5) is 28.5. The minimum atomic E-state index is -0.250. The number of carbonyl (C=O) groups is 2. The van der Waals surface area contributed by atoms with Crippen LogP contribution in [0.1, 0.15) is 32.3 Å². The van der Waals surface area contributed by atoms with Gasteiger partial charge in [0.2, 0.25) is 11.8 Å². The Kier molecular flexibility index (Phi) is 6.63. The zero-order valence-electron chi connectivity index (χ0n) is 14.6. The number of amides is 2. The van der Waals surface area contributed by atoms with Crippen LogP contribution in [-0.2, 0) is 9.59 Å². The molecule has 2 rings (SSSR count). The predicted octanol–water partition coefficient (Wildman–Crippen LogP) is 2.92. The summed E-state index contributed by atoms with van der Waals surface area (Å²) in [5.41, 5.74) is 1.62. The molecule has 0 bridgehead atoms. The van der Waals surface area contributed by atoms with Crippen LogP contribution >= 0.6 is 11.6 Å². The number of carbonyl (C=O) groups excluding carboxylic acids is 2. The number of hydrogen-bond donors (Lipinski definition) is 1. The van der Waals surface area contributed by atoms with Gasteiger partial charge >= 0.3 is 0 Å². The van der Waals surface area contributed by atoms with E-state index >= 15 is 0 Å². The van der Waals surface area contributed by atoms with E-state index in [4.69, 9.17) is 11.6 Å². The molecule has 0 saturated carbocycles. The van der Waals surface area contributed by atoms with Crippen LogP contribution in [0.4, 0.5) is 5.69 Å². The molecule has 1 heterocycles. The van der Waals surface area contributed by atoms with Gasteiger partial charge in [-0.1, -0.05) is 24.6 Å². The van der Waals surface area contributed by atoms with Crippen LogP contribution in [0.2, 0.25) is 5.02 Å². The highest BCUT2D eigenvalue weighted by Gasteiger charge is 2.25. The van der Waals surface area contributed by atoms with Gasteiger partial charge in [0.25, 0.3) is 0 Å². The van der Waals surface area contributed by atoms with Gasteiger partial charge in [-0.3, -0.25) is 14.5 Å². The first-order valence-electron chi connectivity index (χ1n) is 8.51. The topological polar surface area (TPSA) is 52.7 Å². The molecule has 0 aliphatic carbocycles. The molecule has 1 aliphatic heterocycles. The van der Waals surface area contributed by atoms with Crippen LogP contribution in [0, 0.1) is 6.92 Å². The van der Waals surface area contributed by atoms with Crippen LogP contribution in [-0.4, -0.2) is 53.8 Å². The summed E-state index contributed by atoms with van der Waals surface area (Å²) in [6.07, 6.45) is 1.42. The van der Waals surface area contributed by atoms with Crippen LogP contribution in [0.5, 0.6) is 0 Å². The number of halogens is 1. The maximum atomic E-state index is 12.6. The fraction of sp³-hybridized carbons (Fsp3) is 0.556. The summed E-state index contributed by atoms with van der Waals surface area (Å²) in [7, 11) is 0. The lowest BCUT2D eigenvalue weighted by molar-refractivity contribution is -0.130. The fourth-order valence-electron chi connectivity index (χ4n) is 2.94. The van der Waals surface area contributed by atoms with Gasteiger partial charge in [0.1, 0.15) is 0 Å². The van der Waals surface area contributed by atoms with Crippen molar-refractivity contribution in [2.45, 2.75) is 39.7 Å². The first-order valence-corrected chi connectivity index (χ1v) is 8.89. The molecule has 5 nitrogen and oxygen atoms in total. The second-order valence-electron chi connectivity index (χ2n) is 6.20. The number of rotatable bonds is 4. The summed E-state index contributed by atoms with van der Waals surface area (Å²) in [6, 6.07) is 5.25. The molecule has 0 radical (unpaired) electrons. The molecule has 1 aromatic rings. The molecule has 24 heavy (non-hydrogen) atoms. The number of hydrogen-bond acceptors (Lipinski definition) is 3. The summed E-state index contributed by atoms with van der Waals surface area (Å²) in [6.45, 7) is 8.67. The highest BCUT2D eigenvalue weighted by Crippen LogP contribution is 2.23. The largest absolute Gasteiger partial charge is 0.341 e.